The summed E-state index contributed by atoms with van der Waals surface area (Å²) in [5.74, 6) is -0.287. The smallest absolute Gasteiger partial charge is 0.307 e. The minimum Gasteiger partial charge on any atom is -1.00 e. The van der Waals surface area contributed by atoms with Crippen molar-refractivity contribution < 1.29 is 26.4 Å². The third-order valence-electron chi connectivity index (χ3n) is 0.742. The van der Waals surface area contributed by atoms with Crippen LogP contribution in [0.5, 0.6) is 0 Å². The van der Waals surface area contributed by atoms with Gasteiger partial charge in [0.05, 0.1) is 21.1 Å². The molecule has 0 aromatic carbocycles. The third kappa shape index (κ3) is 12.6. The summed E-state index contributed by atoms with van der Waals surface area (Å²) < 4.78 is 5.23. The van der Waals surface area contributed by atoms with Crippen LogP contribution in [0.1, 0.15) is 6.92 Å². The summed E-state index contributed by atoms with van der Waals surface area (Å²) in [5.41, 5.74) is 0. The van der Waals surface area contributed by atoms with Gasteiger partial charge in [0.15, 0.2) is 0 Å². The molecule has 0 aliphatic carbocycles. The Kier molecular flexibility index (Phi) is 6.13. The van der Waals surface area contributed by atoms with E-state index in [0.29, 0.717) is 4.48 Å². The second kappa shape index (κ2) is 5.16. The number of carbonyl (C=O) groups is 1. The van der Waals surface area contributed by atoms with E-state index in [2.05, 4.69) is 4.74 Å². The van der Waals surface area contributed by atoms with Gasteiger partial charge in [0.25, 0.3) is 0 Å². The van der Waals surface area contributed by atoms with Crippen LogP contribution in [0.25, 0.3) is 0 Å². The maximum absolute atomic E-state index is 10.2. The molecule has 0 rings (SSSR count). The highest BCUT2D eigenvalue weighted by Crippen LogP contribution is 1.91. The molecule has 0 saturated carbocycles. The monoisotopic (exact) mass is 179 g/mol. The zero-order valence-electron chi connectivity index (χ0n) is 7.30. The first-order valence-corrected chi connectivity index (χ1v) is 3.08. The highest BCUT2D eigenvalue weighted by Gasteiger charge is 1.99. The maximum atomic E-state index is 10.2. The van der Waals surface area contributed by atoms with E-state index in [1.807, 2.05) is 21.1 Å². The number of nitrogens with zero attached hydrogens (tertiary/aromatic N) is 1. The number of ether oxygens (including phenoxy) is 1. The Balaban J connectivity index is 0. The average Bonchev–Trinajstić information content (AvgIpc) is 1.59. The van der Waals surface area contributed by atoms with Gasteiger partial charge < -0.3 is 21.6 Å². The summed E-state index contributed by atoms with van der Waals surface area (Å²) in [6, 6.07) is 0. The molecule has 0 aromatic heterocycles. The fourth-order valence-electron chi connectivity index (χ4n) is 0.309. The Bertz CT molecular complexity index is 149. The number of hydrogen-bond acceptors (Lipinski definition) is 2. The average molecular weight is 180 g/mol. The lowest BCUT2D eigenvalue weighted by Gasteiger charge is -2.16. The molecule has 0 N–H and O–H groups in total. The molecule has 0 spiro atoms. The van der Waals surface area contributed by atoms with Crippen molar-refractivity contribution in [3.63, 3.8) is 0 Å². The van der Waals surface area contributed by atoms with Crippen molar-refractivity contribution in [1.29, 1.82) is 0 Å². The summed E-state index contributed by atoms with van der Waals surface area (Å²) in [7, 11) is 5.92. The van der Waals surface area contributed by atoms with Gasteiger partial charge in [0.2, 0.25) is 0 Å². The Labute approximate surface area is 73.6 Å². The molecule has 0 saturated heterocycles. The van der Waals surface area contributed by atoms with Gasteiger partial charge in [-0.25, -0.2) is 0 Å². The number of hydrogen-bond donors (Lipinski definition) is 0. The molecule has 11 heavy (non-hydrogen) atoms. The molecule has 0 aliphatic rings. The predicted molar refractivity (Wildman–Crippen MR) is 38.9 cm³/mol. The predicted octanol–water partition coefficient (Wildman–Crippen LogP) is -2.27. The number of rotatable bonds is 2. The summed E-state index contributed by atoms with van der Waals surface area (Å²) in [6.45, 7) is 1.38. The topological polar surface area (TPSA) is 26.3 Å². The van der Waals surface area contributed by atoms with Gasteiger partial charge in [-0.3, -0.25) is 4.79 Å². The molecule has 0 radical (unpaired) electrons. The van der Waals surface area contributed by atoms with Crippen LogP contribution >= 0.6 is 0 Å². The summed E-state index contributed by atoms with van der Waals surface area (Å²) in [6.07, 6.45) is 3.18. The largest absolute Gasteiger partial charge is 1.00 e. The Hall–Kier alpha value is -0.540. The third-order valence-corrected chi connectivity index (χ3v) is 0.742. The zero-order valence-corrected chi connectivity index (χ0v) is 8.05. The van der Waals surface area contributed by atoms with Crippen molar-refractivity contribution in [2.75, 3.05) is 21.1 Å². The molecule has 3 nitrogen and oxygen atoms in total. The van der Waals surface area contributed by atoms with Crippen molar-refractivity contribution in [1.82, 2.24) is 0 Å². The van der Waals surface area contributed by atoms with Crippen LogP contribution in [-0.4, -0.2) is 31.6 Å². The molecule has 0 amide bonds. The molecule has 0 heterocycles. The Morgan fingerprint density at radius 3 is 2.09 bits per heavy atom. The van der Waals surface area contributed by atoms with Crippen LogP contribution in [0.2, 0.25) is 0 Å². The van der Waals surface area contributed by atoms with Crippen LogP contribution in [0.4, 0.5) is 0 Å². The van der Waals surface area contributed by atoms with E-state index >= 15 is 0 Å². The number of esters is 1. The minimum atomic E-state index is -0.287. The van der Waals surface area contributed by atoms with Crippen molar-refractivity contribution in [3.8, 4) is 0 Å². The van der Waals surface area contributed by atoms with E-state index in [4.69, 9.17) is 0 Å². The Morgan fingerprint density at radius 2 is 1.82 bits per heavy atom. The van der Waals surface area contributed by atoms with Gasteiger partial charge in [-0.05, 0) is 0 Å². The van der Waals surface area contributed by atoms with Crippen LogP contribution < -0.4 is 12.4 Å². The highest BCUT2D eigenvalue weighted by molar-refractivity contribution is 5.66. The second-order valence-corrected chi connectivity index (χ2v) is 3.01. The summed E-state index contributed by atoms with van der Waals surface area (Å²) in [4.78, 5) is 10.2. The molecule has 4 heteroatoms. The first-order valence-electron chi connectivity index (χ1n) is 3.08. The van der Waals surface area contributed by atoms with Gasteiger partial charge in [-0.2, -0.15) is 0 Å². The van der Waals surface area contributed by atoms with Crippen molar-refractivity contribution in [2.24, 2.45) is 0 Å². The molecule has 0 bridgehead atoms. The fraction of sp³-hybridized carbons (Fsp3) is 0.571. The van der Waals surface area contributed by atoms with E-state index in [-0.39, 0.29) is 18.4 Å². The lowest BCUT2D eigenvalue weighted by Crippen LogP contribution is -3.00. The molecule has 0 atom stereocenters. The van der Waals surface area contributed by atoms with Crippen molar-refractivity contribution >= 4 is 5.97 Å². The lowest BCUT2D eigenvalue weighted by molar-refractivity contribution is -0.817. The van der Waals surface area contributed by atoms with Crippen LogP contribution in [0.15, 0.2) is 12.5 Å². The van der Waals surface area contributed by atoms with Gasteiger partial charge >= 0.3 is 5.97 Å². The van der Waals surface area contributed by atoms with Gasteiger partial charge in [-0.15, -0.1) is 0 Å². The van der Waals surface area contributed by atoms with Gasteiger partial charge in [-0.1, -0.05) is 0 Å². The SMILES string of the molecule is CC(=O)O/C=C/[N+](C)(C)C.[Cl-]. The molecular weight excluding hydrogens is 166 g/mol. The number of halogens is 1. The van der Waals surface area contributed by atoms with Crippen molar-refractivity contribution in [2.45, 2.75) is 6.92 Å². The lowest BCUT2D eigenvalue weighted by atomic mass is 10.7. The zero-order chi connectivity index (χ0) is 8.20. The van der Waals surface area contributed by atoms with Crippen LogP contribution in [-0.2, 0) is 9.53 Å². The highest BCUT2D eigenvalue weighted by atomic mass is 35.5. The van der Waals surface area contributed by atoms with Crippen LogP contribution in [0, 0.1) is 0 Å². The van der Waals surface area contributed by atoms with Crippen LogP contribution in [0.3, 0.4) is 0 Å². The van der Waals surface area contributed by atoms with E-state index in [0.717, 1.165) is 0 Å². The van der Waals surface area contributed by atoms with E-state index in [1.165, 1.54) is 13.2 Å². The molecule has 0 aliphatic heterocycles. The minimum absolute atomic E-state index is 0. The molecule has 0 unspecified atom stereocenters. The maximum Gasteiger partial charge on any atom is 0.307 e. The first-order chi connectivity index (χ1) is 4.42. The molecule has 66 valence electrons. The van der Waals surface area contributed by atoms with E-state index in [9.17, 15) is 4.79 Å². The normalized spacial score (nSPS) is 10.9. The Morgan fingerprint density at radius 1 is 1.36 bits per heavy atom. The molecule has 0 fully saturated rings. The van der Waals surface area contributed by atoms with Crippen molar-refractivity contribution in [3.05, 3.63) is 12.5 Å². The summed E-state index contributed by atoms with van der Waals surface area (Å²) in [5, 5.41) is 0. The standard InChI is InChI=1S/C7H14NO2.ClH/c1-7(9)10-6-5-8(2,3)4;/h5-6H,1-4H3;1H/q+1;/p-1/b6-5+;. The molecule has 0 aromatic rings. The fourth-order valence-corrected chi connectivity index (χ4v) is 0.309. The van der Waals surface area contributed by atoms with E-state index in [1.54, 1.807) is 6.20 Å². The molecular formula is C7H14ClNO2. The number of carbonyl (C=O) groups excluding carboxylic acids is 1. The van der Waals surface area contributed by atoms with Gasteiger partial charge in [0, 0.05) is 6.92 Å². The van der Waals surface area contributed by atoms with E-state index < -0.39 is 0 Å². The first kappa shape index (κ1) is 13.1. The quantitative estimate of drug-likeness (QED) is 0.272. The van der Waals surface area contributed by atoms with Gasteiger partial charge in [0.1, 0.15) is 12.5 Å². The summed E-state index contributed by atoms with van der Waals surface area (Å²) >= 11 is 0. The number of quaternary nitrogens is 1. The second-order valence-electron chi connectivity index (χ2n) is 3.01.